The first-order valence-corrected chi connectivity index (χ1v) is 9.20. The minimum Gasteiger partial charge on any atom is -0.392 e. The Morgan fingerprint density at radius 1 is 1.20 bits per heavy atom. The second-order valence-corrected chi connectivity index (χ2v) is 9.11. The third kappa shape index (κ3) is 1.89. The minimum atomic E-state index is -2.04. The summed E-state index contributed by atoms with van der Waals surface area (Å²) in [4.78, 5) is 11.7. The van der Waals surface area contributed by atoms with Gasteiger partial charge in [-0.15, -0.1) is 0 Å². The molecule has 3 saturated carbocycles. The fourth-order valence-electron chi connectivity index (χ4n) is 6.55. The van der Waals surface area contributed by atoms with Gasteiger partial charge in [-0.25, -0.2) is 8.78 Å². The van der Waals surface area contributed by atoms with Gasteiger partial charge in [-0.3, -0.25) is 4.79 Å². The van der Waals surface area contributed by atoms with Crippen molar-refractivity contribution in [2.75, 3.05) is 0 Å². The molecule has 2 N–H and O–H groups in total. The highest BCUT2D eigenvalue weighted by Gasteiger charge is 2.72. The van der Waals surface area contributed by atoms with Gasteiger partial charge in [0.05, 0.1) is 12.2 Å². The molecular formula is C20H26F2O3. The van der Waals surface area contributed by atoms with Crippen LogP contribution in [0, 0.1) is 28.6 Å². The Morgan fingerprint density at radius 3 is 2.56 bits per heavy atom. The summed E-state index contributed by atoms with van der Waals surface area (Å²) < 4.78 is 31.6. The first kappa shape index (κ1) is 17.3. The molecule has 0 heterocycles. The van der Waals surface area contributed by atoms with Crippen LogP contribution in [-0.2, 0) is 4.79 Å². The van der Waals surface area contributed by atoms with Crippen LogP contribution in [0.25, 0.3) is 0 Å². The quantitative estimate of drug-likeness (QED) is 0.705. The predicted octanol–water partition coefficient (Wildman–Crippen LogP) is 2.91. The number of fused-ring (bicyclic) bond motifs is 5. The predicted molar refractivity (Wildman–Crippen MR) is 89.2 cm³/mol. The molecule has 4 aliphatic carbocycles. The van der Waals surface area contributed by atoms with E-state index in [0.29, 0.717) is 6.42 Å². The molecule has 4 rings (SSSR count). The van der Waals surface area contributed by atoms with E-state index in [0.717, 1.165) is 0 Å². The summed E-state index contributed by atoms with van der Waals surface area (Å²) in [6, 6.07) is 0. The summed E-state index contributed by atoms with van der Waals surface area (Å²) in [5, 5.41) is 21.5. The summed E-state index contributed by atoms with van der Waals surface area (Å²) in [6.07, 6.45) is 1.33. The molecule has 3 fully saturated rings. The lowest BCUT2D eigenvalue weighted by molar-refractivity contribution is -0.207. The monoisotopic (exact) mass is 352 g/mol. The van der Waals surface area contributed by atoms with Crippen molar-refractivity contribution in [2.24, 2.45) is 28.6 Å². The van der Waals surface area contributed by atoms with Crippen molar-refractivity contribution < 1.29 is 23.8 Å². The zero-order valence-corrected chi connectivity index (χ0v) is 14.9. The van der Waals surface area contributed by atoms with Crippen molar-refractivity contribution >= 4 is 5.78 Å². The molecule has 4 aliphatic rings. The van der Waals surface area contributed by atoms with Crippen molar-refractivity contribution in [1.82, 2.24) is 0 Å². The first-order chi connectivity index (χ1) is 11.6. The zero-order valence-electron chi connectivity index (χ0n) is 14.9. The molecule has 0 spiro atoms. The highest BCUT2D eigenvalue weighted by molar-refractivity contribution is 6.01. The van der Waals surface area contributed by atoms with Gasteiger partial charge in [-0.05, 0) is 61.2 Å². The fourth-order valence-corrected chi connectivity index (χ4v) is 6.55. The lowest BCUT2D eigenvalue weighted by atomic mass is 9.45. The van der Waals surface area contributed by atoms with Gasteiger partial charge in [0.25, 0.3) is 0 Å². The number of aliphatic hydroxyl groups excluding tert-OH is 2. The molecule has 9 atom stereocenters. The van der Waals surface area contributed by atoms with E-state index in [2.05, 4.69) is 0 Å². The van der Waals surface area contributed by atoms with Crippen molar-refractivity contribution in [1.29, 1.82) is 0 Å². The van der Waals surface area contributed by atoms with Gasteiger partial charge in [-0.1, -0.05) is 19.9 Å². The Morgan fingerprint density at radius 2 is 1.88 bits per heavy atom. The summed E-state index contributed by atoms with van der Waals surface area (Å²) in [5.74, 6) is -1.21. The van der Waals surface area contributed by atoms with E-state index in [1.54, 1.807) is 6.92 Å². The van der Waals surface area contributed by atoms with Crippen LogP contribution in [0.15, 0.2) is 23.8 Å². The summed E-state index contributed by atoms with van der Waals surface area (Å²) in [7, 11) is 0. The maximum Gasteiger partial charge on any atom is 0.178 e. The number of halogens is 2. The van der Waals surface area contributed by atoms with E-state index < -0.39 is 40.8 Å². The minimum absolute atomic E-state index is 0.00386. The lowest BCUT2D eigenvalue weighted by Crippen LogP contribution is -2.68. The van der Waals surface area contributed by atoms with E-state index in [1.807, 2.05) is 13.8 Å². The molecule has 0 amide bonds. The van der Waals surface area contributed by atoms with Gasteiger partial charge in [0.2, 0.25) is 0 Å². The number of rotatable bonds is 0. The molecule has 1 unspecified atom stereocenters. The van der Waals surface area contributed by atoms with Gasteiger partial charge < -0.3 is 10.2 Å². The lowest BCUT2D eigenvalue weighted by Gasteiger charge is -2.62. The number of carbonyl (C=O) groups is 1. The van der Waals surface area contributed by atoms with Gasteiger partial charge in [0, 0.05) is 11.3 Å². The van der Waals surface area contributed by atoms with Crippen LogP contribution >= 0.6 is 0 Å². The van der Waals surface area contributed by atoms with Crippen LogP contribution in [0.4, 0.5) is 8.78 Å². The van der Waals surface area contributed by atoms with Gasteiger partial charge in [-0.2, -0.15) is 0 Å². The van der Waals surface area contributed by atoms with Crippen LogP contribution < -0.4 is 0 Å². The molecule has 3 nitrogen and oxygen atoms in total. The highest BCUT2D eigenvalue weighted by Crippen LogP contribution is 2.68. The molecule has 0 aromatic heterocycles. The maximum absolute atomic E-state index is 16.6. The number of carbonyl (C=O) groups excluding carboxylic acids is 1. The number of aliphatic hydroxyl groups is 2. The summed E-state index contributed by atoms with van der Waals surface area (Å²) in [5.41, 5.74) is -3.83. The Kier molecular flexibility index (Phi) is 3.47. The molecule has 25 heavy (non-hydrogen) atoms. The average Bonchev–Trinajstić information content (AvgIpc) is 2.76. The standard InChI is InChI=1S/C20H26F2O3/c1-10-6-12-13-8-15(21)14-7-11(23)4-5-19(14,3)20(13,22)16(24)9-18(12,2)17(10)25/h4-5,7,10,12-13,15-17,24-25H,6,8-9H2,1-3H3/t10-,12+,13+,15+,16+,17?,18+,19+,20+/m1/s1. The van der Waals surface area contributed by atoms with Crippen molar-refractivity contribution in [3.63, 3.8) is 0 Å². The second-order valence-electron chi connectivity index (χ2n) is 9.11. The average molecular weight is 352 g/mol. The maximum atomic E-state index is 16.6. The molecule has 0 radical (unpaired) electrons. The van der Waals surface area contributed by atoms with Gasteiger partial charge in [0.1, 0.15) is 6.17 Å². The smallest absolute Gasteiger partial charge is 0.178 e. The van der Waals surface area contributed by atoms with E-state index in [9.17, 15) is 15.0 Å². The first-order valence-electron chi connectivity index (χ1n) is 9.20. The number of hydrogen-bond acceptors (Lipinski definition) is 3. The van der Waals surface area contributed by atoms with Crippen LogP contribution in [0.3, 0.4) is 0 Å². The van der Waals surface area contributed by atoms with E-state index in [4.69, 9.17) is 0 Å². The molecule has 0 aliphatic heterocycles. The van der Waals surface area contributed by atoms with Crippen molar-refractivity contribution in [3.8, 4) is 0 Å². The SMILES string of the molecule is C[C@@H]1C[C@H]2[C@@H]3C[C@H](F)C4=CC(=O)C=C[C@]4(C)[C@@]3(F)[C@@H](O)C[C@]2(C)C1O. The van der Waals surface area contributed by atoms with Crippen LogP contribution in [0.2, 0.25) is 0 Å². The number of ketones is 1. The Bertz CT molecular complexity index is 688. The largest absolute Gasteiger partial charge is 0.392 e. The van der Waals surface area contributed by atoms with Gasteiger partial charge >= 0.3 is 0 Å². The fraction of sp³-hybridized carbons (Fsp3) is 0.750. The number of allylic oxidation sites excluding steroid dienone is 4. The van der Waals surface area contributed by atoms with Gasteiger partial charge in [0.15, 0.2) is 11.5 Å². The van der Waals surface area contributed by atoms with Crippen molar-refractivity contribution in [2.45, 2.75) is 64.1 Å². The normalized spacial score (nSPS) is 57.6. The number of hydrogen-bond donors (Lipinski definition) is 2. The van der Waals surface area contributed by atoms with E-state index >= 15 is 8.78 Å². The van der Waals surface area contributed by atoms with Crippen LogP contribution in [0.5, 0.6) is 0 Å². The second kappa shape index (κ2) is 5.01. The number of alkyl halides is 2. The molecule has 0 aromatic rings. The van der Waals surface area contributed by atoms with Crippen LogP contribution in [-0.4, -0.2) is 40.0 Å². The van der Waals surface area contributed by atoms with Crippen molar-refractivity contribution in [3.05, 3.63) is 23.8 Å². The molecule has 138 valence electrons. The zero-order chi connectivity index (χ0) is 18.4. The molecule has 5 heteroatoms. The molecular weight excluding hydrogens is 326 g/mol. The molecule has 0 bridgehead atoms. The van der Waals surface area contributed by atoms with E-state index in [1.165, 1.54) is 18.2 Å². The Hall–Kier alpha value is -1.07. The molecule has 0 aromatic carbocycles. The highest BCUT2D eigenvalue weighted by atomic mass is 19.1. The van der Waals surface area contributed by atoms with Crippen LogP contribution in [0.1, 0.15) is 40.0 Å². The third-order valence-corrected chi connectivity index (χ3v) is 7.90. The summed E-state index contributed by atoms with van der Waals surface area (Å²) in [6.45, 7) is 5.43. The molecule has 0 saturated heterocycles. The van der Waals surface area contributed by atoms with E-state index in [-0.39, 0.29) is 36.0 Å². The third-order valence-electron chi connectivity index (χ3n) is 7.90. The topological polar surface area (TPSA) is 57.5 Å². The Labute approximate surface area is 146 Å². The summed E-state index contributed by atoms with van der Waals surface area (Å²) >= 11 is 0. The Balaban J connectivity index is 1.86.